The van der Waals surface area contributed by atoms with Gasteiger partial charge in [-0.25, -0.2) is 4.79 Å². The molecule has 0 fully saturated rings. The molecule has 0 radical (unpaired) electrons. The molecule has 0 aliphatic heterocycles. The first kappa shape index (κ1) is 13.5. The highest BCUT2D eigenvalue weighted by atomic mass is 32.1. The maximum atomic E-state index is 12.0. The molecular weight excluding hydrogens is 262 g/mol. The van der Waals surface area contributed by atoms with E-state index in [1.54, 1.807) is 18.5 Å². The van der Waals surface area contributed by atoms with Gasteiger partial charge in [0.2, 0.25) is 0 Å². The summed E-state index contributed by atoms with van der Waals surface area (Å²) in [6.07, 6.45) is 3.32. The molecule has 2 aromatic rings. The second-order valence-electron chi connectivity index (χ2n) is 5.02. The standard InChI is InChI=1S/C13H15N3O2S/c1-13(2,3)18-12(17)11-9(14)10(16-19-11)8-5-4-6-15-7-8/h4-7H,14H2,1-3H3. The molecule has 0 aromatic carbocycles. The predicted octanol–water partition coefficient (Wildman–Crippen LogP) is 2.74. The first-order chi connectivity index (χ1) is 8.88. The molecule has 0 bridgehead atoms. The molecule has 0 aliphatic carbocycles. The molecule has 2 aromatic heterocycles. The number of anilines is 1. The fourth-order valence-corrected chi connectivity index (χ4v) is 2.18. The Morgan fingerprint density at radius 1 is 1.42 bits per heavy atom. The van der Waals surface area contributed by atoms with Crippen LogP contribution in [-0.2, 0) is 4.74 Å². The van der Waals surface area contributed by atoms with E-state index in [1.165, 1.54) is 0 Å². The highest BCUT2D eigenvalue weighted by Gasteiger charge is 2.24. The summed E-state index contributed by atoms with van der Waals surface area (Å²) in [5, 5.41) is 0. The number of esters is 1. The van der Waals surface area contributed by atoms with Crippen LogP contribution in [0.2, 0.25) is 0 Å². The van der Waals surface area contributed by atoms with Crippen LogP contribution >= 0.6 is 11.5 Å². The lowest BCUT2D eigenvalue weighted by Crippen LogP contribution is -2.23. The van der Waals surface area contributed by atoms with E-state index in [2.05, 4.69) is 9.36 Å². The van der Waals surface area contributed by atoms with Crippen molar-refractivity contribution in [2.45, 2.75) is 26.4 Å². The van der Waals surface area contributed by atoms with Crippen molar-refractivity contribution >= 4 is 23.2 Å². The highest BCUT2D eigenvalue weighted by molar-refractivity contribution is 7.09. The van der Waals surface area contributed by atoms with Gasteiger partial charge in [-0.05, 0) is 44.4 Å². The van der Waals surface area contributed by atoms with Crippen molar-refractivity contribution in [1.82, 2.24) is 9.36 Å². The Balaban J connectivity index is 2.31. The topological polar surface area (TPSA) is 78.1 Å². The van der Waals surface area contributed by atoms with Gasteiger partial charge < -0.3 is 10.5 Å². The van der Waals surface area contributed by atoms with Crippen LogP contribution in [0.4, 0.5) is 5.69 Å². The summed E-state index contributed by atoms with van der Waals surface area (Å²) < 4.78 is 9.50. The summed E-state index contributed by atoms with van der Waals surface area (Å²) in [4.78, 5) is 16.3. The van der Waals surface area contributed by atoms with Crippen molar-refractivity contribution in [1.29, 1.82) is 0 Å². The molecule has 6 heteroatoms. The number of pyridine rings is 1. The van der Waals surface area contributed by atoms with Crippen molar-refractivity contribution in [3.63, 3.8) is 0 Å². The minimum absolute atomic E-state index is 0.328. The Kier molecular flexibility index (Phi) is 3.53. The van der Waals surface area contributed by atoms with Crippen LogP contribution in [0.1, 0.15) is 30.4 Å². The Hall–Kier alpha value is -1.95. The van der Waals surface area contributed by atoms with Crippen molar-refractivity contribution in [3.8, 4) is 11.3 Å². The van der Waals surface area contributed by atoms with Crippen molar-refractivity contribution in [2.75, 3.05) is 5.73 Å². The van der Waals surface area contributed by atoms with Gasteiger partial charge in [0.15, 0.2) is 4.88 Å². The van der Waals surface area contributed by atoms with E-state index in [4.69, 9.17) is 10.5 Å². The Bertz CT molecular complexity index is 588. The normalized spacial score (nSPS) is 11.3. The highest BCUT2D eigenvalue weighted by Crippen LogP contribution is 2.31. The second-order valence-corrected chi connectivity index (χ2v) is 5.79. The van der Waals surface area contributed by atoms with Gasteiger partial charge in [0.05, 0.1) is 5.69 Å². The number of nitrogens with zero attached hydrogens (tertiary/aromatic N) is 2. The van der Waals surface area contributed by atoms with E-state index in [0.29, 0.717) is 16.3 Å². The molecule has 2 N–H and O–H groups in total. The molecule has 0 aliphatic rings. The van der Waals surface area contributed by atoms with Crippen LogP contribution in [-0.4, -0.2) is 20.9 Å². The van der Waals surface area contributed by atoms with E-state index in [9.17, 15) is 4.79 Å². The lowest BCUT2D eigenvalue weighted by atomic mass is 10.1. The number of carbonyl (C=O) groups is 1. The lowest BCUT2D eigenvalue weighted by molar-refractivity contribution is 0.00764. The molecule has 2 rings (SSSR count). The largest absolute Gasteiger partial charge is 0.456 e. The van der Waals surface area contributed by atoms with Gasteiger partial charge in [0.1, 0.15) is 11.3 Å². The zero-order valence-corrected chi connectivity index (χ0v) is 11.8. The molecule has 0 saturated heterocycles. The number of aromatic nitrogens is 2. The summed E-state index contributed by atoms with van der Waals surface area (Å²) in [5.74, 6) is -0.447. The van der Waals surface area contributed by atoms with Crippen LogP contribution in [0.5, 0.6) is 0 Å². The van der Waals surface area contributed by atoms with Gasteiger partial charge in [0, 0.05) is 18.0 Å². The Morgan fingerprint density at radius 3 is 2.74 bits per heavy atom. The van der Waals surface area contributed by atoms with Gasteiger partial charge in [0.25, 0.3) is 0 Å². The maximum absolute atomic E-state index is 12.0. The van der Waals surface area contributed by atoms with Crippen LogP contribution in [0.25, 0.3) is 11.3 Å². The average molecular weight is 277 g/mol. The Labute approximate surface area is 115 Å². The van der Waals surface area contributed by atoms with Crippen LogP contribution in [0, 0.1) is 0 Å². The average Bonchev–Trinajstić information content (AvgIpc) is 2.70. The van der Waals surface area contributed by atoms with Gasteiger partial charge in [-0.15, -0.1) is 0 Å². The van der Waals surface area contributed by atoms with E-state index in [0.717, 1.165) is 17.1 Å². The van der Waals surface area contributed by atoms with E-state index < -0.39 is 11.6 Å². The number of ether oxygens (including phenoxy) is 1. The lowest BCUT2D eigenvalue weighted by Gasteiger charge is -2.18. The van der Waals surface area contributed by atoms with Gasteiger partial charge in [-0.1, -0.05) is 0 Å². The third-order valence-corrected chi connectivity index (χ3v) is 3.09. The van der Waals surface area contributed by atoms with Crippen molar-refractivity contribution < 1.29 is 9.53 Å². The molecule has 2 heterocycles. The molecule has 19 heavy (non-hydrogen) atoms. The number of carbonyl (C=O) groups excluding carboxylic acids is 1. The summed E-state index contributed by atoms with van der Waals surface area (Å²) in [7, 11) is 0. The number of hydrogen-bond donors (Lipinski definition) is 1. The van der Waals surface area contributed by atoms with E-state index in [-0.39, 0.29) is 0 Å². The zero-order chi connectivity index (χ0) is 14.0. The number of hydrogen-bond acceptors (Lipinski definition) is 6. The minimum atomic E-state index is -0.554. The van der Waals surface area contributed by atoms with Crippen LogP contribution in [0.15, 0.2) is 24.5 Å². The quantitative estimate of drug-likeness (QED) is 0.854. The minimum Gasteiger partial charge on any atom is -0.456 e. The molecule has 5 nitrogen and oxygen atoms in total. The first-order valence-electron chi connectivity index (χ1n) is 5.77. The molecule has 0 amide bonds. The summed E-state index contributed by atoms with van der Waals surface area (Å²) >= 11 is 1.04. The first-order valence-corrected chi connectivity index (χ1v) is 6.55. The third-order valence-electron chi connectivity index (χ3n) is 2.25. The number of nitrogens with two attached hydrogens (primary N) is 1. The molecular formula is C13H15N3O2S. The molecule has 0 saturated carbocycles. The summed E-state index contributed by atoms with van der Waals surface area (Å²) in [5.41, 5.74) is 7.11. The van der Waals surface area contributed by atoms with Gasteiger partial charge in [-0.3, -0.25) is 4.98 Å². The molecule has 0 unspecified atom stereocenters. The van der Waals surface area contributed by atoms with Crippen molar-refractivity contribution in [2.24, 2.45) is 0 Å². The SMILES string of the molecule is CC(C)(C)OC(=O)c1snc(-c2cccnc2)c1N. The van der Waals surface area contributed by atoms with E-state index >= 15 is 0 Å². The summed E-state index contributed by atoms with van der Waals surface area (Å²) in [6, 6.07) is 3.64. The fourth-order valence-electron chi connectivity index (χ4n) is 1.48. The molecule has 0 atom stereocenters. The van der Waals surface area contributed by atoms with Crippen LogP contribution < -0.4 is 5.73 Å². The predicted molar refractivity (Wildman–Crippen MR) is 74.9 cm³/mol. The number of rotatable bonds is 2. The summed E-state index contributed by atoms with van der Waals surface area (Å²) in [6.45, 7) is 5.43. The molecule has 100 valence electrons. The Morgan fingerprint density at radius 2 is 2.16 bits per heavy atom. The maximum Gasteiger partial charge on any atom is 0.352 e. The van der Waals surface area contributed by atoms with Gasteiger partial charge >= 0.3 is 5.97 Å². The second kappa shape index (κ2) is 4.97. The van der Waals surface area contributed by atoms with Gasteiger partial charge in [-0.2, -0.15) is 4.37 Å². The molecule has 0 spiro atoms. The third kappa shape index (κ3) is 3.08. The smallest absolute Gasteiger partial charge is 0.352 e. The zero-order valence-electron chi connectivity index (χ0n) is 11.0. The van der Waals surface area contributed by atoms with Crippen LogP contribution in [0.3, 0.4) is 0 Å². The monoisotopic (exact) mass is 277 g/mol. The fraction of sp³-hybridized carbons (Fsp3) is 0.308. The van der Waals surface area contributed by atoms with Crippen molar-refractivity contribution in [3.05, 3.63) is 29.4 Å². The number of nitrogen functional groups attached to an aromatic ring is 1. The van der Waals surface area contributed by atoms with E-state index in [1.807, 2.05) is 26.8 Å².